The number of aliphatic hydroxyl groups is 3. The van der Waals surface area contributed by atoms with Crippen LogP contribution in [0.4, 0.5) is 0 Å². The summed E-state index contributed by atoms with van der Waals surface area (Å²) in [6, 6.07) is 1.60. The summed E-state index contributed by atoms with van der Waals surface area (Å²) in [7, 11) is 1.07. The average molecular weight is 645 g/mol. The molecule has 4 aliphatic carbocycles. The third-order valence-corrected chi connectivity index (χ3v) is 12.1. The number of Topliss-reactive ketones (excluding diaryl/α,β-unsaturated/α-hetero) is 1. The van der Waals surface area contributed by atoms with Crippen molar-refractivity contribution in [2.45, 2.75) is 95.9 Å². The molecule has 1 aromatic rings. The first-order chi connectivity index (χ1) is 21.3. The van der Waals surface area contributed by atoms with E-state index in [9.17, 15) is 34.5 Å². The maximum Gasteiger partial charge on any atom is 0.335 e. The van der Waals surface area contributed by atoms with Gasteiger partial charge >= 0.3 is 23.9 Å². The van der Waals surface area contributed by atoms with Crippen LogP contribution in [0.5, 0.6) is 0 Å². The summed E-state index contributed by atoms with van der Waals surface area (Å²) >= 11 is 0. The number of ketones is 1. The van der Waals surface area contributed by atoms with E-state index in [0.717, 1.165) is 20.1 Å². The van der Waals surface area contributed by atoms with E-state index in [0.29, 0.717) is 5.56 Å². The van der Waals surface area contributed by atoms with Gasteiger partial charge in [0.1, 0.15) is 11.7 Å². The second-order valence-corrected chi connectivity index (χ2v) is 14.6. The van der Waals surface area contributed by atoms with E-state index in [1.54, 1.807) is 33.8 Å². The van der Waals surface area contributed by atoms with E-state index in [-0.39, 0.29) is 24.8 Å². The van der Waals surface area contributed by atoms with Crippen molar-refractivity contribution >= 4 is 29.7 Å². The van der Waals surface area contributed by atoms with Crippen LogP contribution >= 0.6 is 0 Å². The summed E-state index contributed by atoms with van der Waals surface area (Å²) in [6.07, 6.45) is -0.991. The summed E-state index contributed by atoms with van der Waals surface area (Å²) in [6.45, 7) is 9.00. The molecule has 2 bridgehead atoms. The molecule has 0 spiro atoms. The maximum atomic E-state index is 15.0. The minimum Gasteiger partial charge on any atom is -0.472 e. The number of aliphatic hydroxyl groups excluding tert-OH is 1. The predicted molar refractivity (Wildman–Crippen MR) is 153 cm³/mol. The molecule has 6 rings (SSSR count). The van der Waals surface area contributed by atoms with Crippen LogP contribution in [0.15, 0.2) is 34.7 Å². The van der Waals surface area contributed by atoms with Crippen LogP contribution in [0, 0.1) is 34.0 Å². The van der Waals surface area contributed by atoms with Crippen molar-refractivity contribution in [3.8, 4) is 0 Å². The molecule has 5 aliphatic rings. The van der Waals surface area contributed by atoms with Crippen molar-refractivity contribution in [1.82, 2.24) is 0 Å². The van der Waals surface area contributed by atoms with Crippen molar-refractivity contribution in [2.75, 3.05) is 7.11 Å². The summed E-state index contributed by atoms with van der Waals surface area (Å²) in [5.41, 5.74) is -12.0. The Morgan fingerprint density at radius 2 is 1.76 bits per heavy atom. The Hall–Kier alpha value is -3.55. The van der Waals surface area contributed by atoms with Gasteiger partial charge in [0.15, 0.2) is 23.4 Å². The van der Waals surface area contributed by atoms with E-state index >= 15 is 4.79 Å². The maximum absolute atomic E-state index is 15.0. The molecular weight excluding hydrogens is 604 g/mol. The molecule has 1 unspecified atom stereocenters. The summed E-state index contributed by atoms with van der Waals surface area (Å²) in [5.74, 6) is -8.10. The third-order valence-electron chi connectivity index (χ3n) is 12.1. The second kappa shape index (κ2) is 9.74. The standard InChI is InChI=1S/C33H40O13/c1-15(2)26(38)46-31-14-29(5)22(21(36)27(39)42-7)30(31,6)18-8-10-28(4)19(12-20(35)45-24(28)17-9-11-43-13-17)32(18,40)33(31,41)23(37)25(29)44-16(3)34/h9,11-13,15,18,21-22,24-25,36,40-41H,8,10,14H2,1-7H3/t18-,21?,22+,24+,25-,28-,29+,30-,31-,32-,33-/m1/s1. The fourth-order valence-electron chi connectivity index (χ4n) is 10.4. The van der Waals surface area contributed by atoms with Crippen LogP contribution in [0.3, 0.4) is 0 Å². The monoisotopic (exact) mass is 644 g/mol. The second-order valence-electron chi connectivity index (χ2n) is 14.6. The molecule has 11 atom stereocenters. The average Bonchev–Trinajstić information content (AvgIpc) is 3.60. The molecule has 13 heteroatoms. The van der Waals surface area contributed by atoms with Gasteiger partial charge in [0.25, 0.3) is 0 Å². The molecule has 2 heterocycles. The summed E-state index contributed by atoms with van der Waals surface area (Å²) in [5, 5.41) is 38.3. The Labute approximate surface area is 265 Å². The fraction of sp³-hybridized carbons (Fsp3) is 0.667. The zero-order valence-corrected chi connectivity index (χ0v) is 26.8. The van der Waals surface area contributed by atoms with E-state index in [4.69, 9.17) is 23.4 Å². The van der Waals surface area contributed by atoms with Crippen molar-refractivity contribution in [3.63, 3.8) is 0 Å². The molecule has 3 N–H and O–H groups in total. The van der Waals surface area contributed by atoms with Crippen molar-refractivity contribution in [2.24, 2.45) is 34.0 Å². The zero-order chi connectivity index (χ0) is 34.0. The molecule has 13 nitrogen and oxygen atoms in total. The fourth-order valence-corrected chi connectivity index (χ4v) is 10.4. The smallest absolute Gasteiger partial charge is 0.335 e. The highest BCUT2D eigenvalue weighted by Crippen LogP contribution is 2.83. The Morgan fingerprint density at radius 3 is 2.33 bits per heavy atom. The van der Waals surface area contributed by atoms with Gasteiger partial charge < -0.3 is 38.7 Å². The van der Waals surface area contributed by atoms with Gasteiger partial charge in [-0.25, -0.2) is 9.59 Å². The minimum atomic E-state index is -3.03. The van der Waals surface area contributed by atoms with E-state index in [2.05, 4.69) is 0 Å². The van der Waals surface area contributed by atoms with Gasteiger partial charge in [-0.15, -0.1) is 0 Å². The predicted octanol–water partition coefficient (Wildman–Crippen LogP) is 1.71. The van der Waals surface area contributed by atoms with Crippen molar-refractivity contribution in [3.05, 3.63) is 35.8 Å². The lowest BCUT2D eigenvalue weighted by molar-refractivity contribution is -0.251. The minimum absolute atomic E-state index is 0.0402. The number of ether oxygens (including phenoxy) is 4. The van der Waals surface area contributed by atoms with Gasteiger partial charge in [0.2, 0.25) is 5.78 Å². The Balaban J connectivity index is 1.71. The number of hydrogen-bond acceptors (Lipinski definition) is 13. The highest BCUT2D eigenvalue weighted by atomic mass is 16.6. The van der Waals surface area contributed by atoms with Crippen LogP contribution in [0.2, 0.25) is 0 Å². The molecule has 4 fully saturated rings. The number of methoxy groups -OCH3 is 1. The number of rotatable bonds is 6. The lowest BCUT2D eigenvalue weighted by atomic mass is 9.48. The SMILES string of the molecule is COC(=O)C(O)[C@H]1[C@]2(C)C[C@@]3(OC(=O)C(C)C)[C@]1(C)[C@H]1CC[C@]4(C)C(=CC(=O)O[C@H]4c4ccoc4)[C@@]1(O)[C@@]3(O)C(=O)[C@H]2OC(C)=O. The zero-order valence-electron chi connectivity index (χ0n) is 26.8. The Bertz CT molecular complexity index is 1560. The first-order valence-electron chi connectivity index (χ1n) is 15.4. The first-order valence-corrected chi connectivity index (χ1v) is 15.4. The van der Waals surface area contributed by atoms with Gasteiger partial charge in [-0.2, -0.15) is 0 Å². The molecule has 0 saturated heterocycles. The van der Waals surface area contributed by atoms with Crippen molar-refractivity contribution < 1.29 is 62.7 Å². The molecule has 250 valence electrons. The lowest BCUT2D eigenvalue weighted by Crippen LogP contribution is -2.77. The quantitative estimate of drug-likeness (QED) is 0.299. The highest BCUT2D eigenvalue weighted by Gasteiger charge is 2.96. The molecule has 4 saturated carbocycles. The number of hydrogen-bond donors (Lipinski definition) is 3. The number of carbonyl (C=O) groups is 5. The Morgan fingerprint density at radius 1 is 1.09 bits per heavy atom. The van der Waals surface area contributed by atoms with Gasteiger partial charge in [0.05, 0.1) is 25.6 Å². The lowest BCUT2D eigenvalue weighted by Gasteiger charge is -2.60. The van der Waals surface area contributed by atoms with Crippen LogP contribution in [0.1, 0.15) is 72.5 Å². The molecule has 0 amide bonds. The molecule has 0 aromatic carbocycles. The highest BCUT2D eigenvalue weighted by molar-refractivity contribution is 6.01. The summed E-state index contributed by atoms with van der Waals surface area (Å²) < 4.78 is 27.8. The molecule has 1 aliphatic heterocycles. The van der Waals surface area contributed by atoms with Gasteiger partial charge in [-0.3, -0.25) is 14.4 Å². The normalized spacial score (nSPS) is 44.5. The molecule has 46 heavy (non-hydrogen) atoms. The number of cyclic esters (lactones) is 1. The van der Waals surface area contributed by atoms with Crippen LogP contribution in [0.25, 0.3) is 0 Å². The Kier molecular flexibility index (Phi) is 6.86. The first kappa shape index (κ1) is 32.4. The number of carbonyl (C=O) groups excluding carboxylic acids is 5. The van der Waals surface area contributed by atoms with E-state index < -0.39 is 98.8 Å². The topological polar surface area (TPSA) is 196 Å². The van der Waals surface area contributed by atoms with Gasteiger partial charge in [-0.1, -0.05) is 34.6 Å². The van der Waals surface area contributed by atoms with E-state index in [1.807, 2.05) is 0 Å². The number of fused-ring (bicyclic) bond motifs is 6. The van der Waals surface area contributed by atoms with Crippen LogP contribution in [-0.2, 0) is 42.9 Å². The van der Waals surface area contributed by atoms with Crippen LogP contribution in [-0.4, -0.2) is 81.1 Å². The van der Waals surface area contributed by atoms with Gasteiger partial charge in [-0.05, 0) is 24.5 Å². The van der Waals surface area contributed by atoms with Gasteiger partial charge in [0, 0.05) is 53.1 Å². The molecular formula is C33H40O13. The number of furan rings is 1. The summed E-state index contributed by atoms with van der Waals surface area (Å²) in [4.78, 5) is 67.5. The van der Waals surface area contributed by atoms with Crippen molar-refractivity contribution in [1.29, 1.82) is 0 Å². The number of esters is 4. The third kappa shape index (κ3) is 3.43. The molecule has 0 radical (unpaired) electrons. The largest absolute Gasteiger partial charge is 0.472 e. The molecule has 1 aromatic heterocycles. The van der Waals surface area contributed by atoms with Crippen LogP contribution < -0.4 is 0 Å². The van der Waals surface area contributed by atoms with E-state index in [1.165, 1.54) is 19.5 Å².